The molecule has 19 heavy (non-hydrogen) atoms. The fourth-order valence-electron chi connectivity index (χ4n) is 1.73. The molecule has 0 aliphatic carbocycles. The number of hydrogen-bond acceptors (Lipinski definition) is 4. The molecule has 0 saturated heterocycles. The standard InChI is InChI=1S/C14H15FN2OS/c1-14(2,3)13-12(19-17-16-13)11(18)8-9-4-6-10(15)7-5-9/h4-7H,8H2,1-3H3. The van der Waals surface area contributed by atoms with Gasteiger partial charge in [-0.2, -0.15) is 0 Å². The van der Waals surface area contributed by atoms with Crippen molar-refractivity contribution in [3.05, 3.63) is 46.2 Å². The maximum Gasteiger partial charge on any atom is 0.180 e. The van der Waals surface area contributed by atoms with E-state index in [2.05, 4.69) is 9.59 Å². The molecule has 0 bridgehead atoms. The van der Waals surface area contributed by atoms with Crippen LogP contribution >= 0.6 is 11.5 Å². The third-order valence-corrected chi connectivity index (χ3v) is 3.50. The smallest absolute Gasteiger partial charge is 0.180 e. The first-order valence-electron chi connectivity index (χ1n) is 5.98. The maximum atomic E-state index is 12.8. The molecule has 0 amide bonds. The van der Waals surface area contributed by atoms with Gasteiger partial charge in [0.25, 0.3) is 0 Å². The third kappa shape index (κ3) is 3.23. The van der Waals surface area contributed by atoms with E-state index in [1.54, 1.807) is 12.1 Å². The average molecular weight is 278 g/mol. The van der Waals surface area contributed by atoms with Gasteiger partial charge in [0, 0.05) is 11.8 Å². The summed E-state index contributed by atoms with van der Waals surface area (Å²) in [5, 5.41) is 4.05. The van der Waals surface area contributed by atoms with Crippen molar-refractivity contribution < 1.29 is 9.18 Å². The van der Waals surface area contributed by atoms with Crippen LogP contribution in [-0.4, -0.2) is 15.4 Å². The summed E-state index contributed by atoms with van der Waals surface area (Å²) < 4.78 is 16.7. The van der Waals surface area contributed by atoms with Gasteiger partial charge in [-0.15, -0.1) is 5.10 Å². The zero-order chi connectivity index (χ0) is 14.0. The second-order valence-electron chi connectivity index (χ2n) is 5.43. The van der Waals surface area contributed by atoms with Crippen molar-refractivity contribution in [2.24, 2.45) is 0 Å². The van der Waals surface area contributed by atoms with E-state index < -0.39 is 0 Å². The molecular weight excluding hydrogens is 263 g/mol. The van der Waals surface area contributed by atoms with Crippen LogP contribution in [-0.2, 0) is 11.8 Å². The van der Waals surface area contributed by atoms with Crippen molar-refractivity contribution in [1.82, 2.24) is 9.59 Å². The first-order chi connectivity index (χ1) is 8.88. The van der Waals surface area contributed by atoms with Gasteiger partial charge in [0.1, 0.15) is 10.7 Å². The van der Waals surface area contributed by atoms with E-state index in [1.165, 1.54) is 12.1 Å². The molecule has 0 fully saturated rings. The SMILES string of the molecule is CC(C)(C)c1nnsc1C(=O)Cc1ccc(F)cc1. The van der Waals surface area contributed by atoms with Crippen molar-refractivity contribution in [2.45, 2.75) is 32.6 Å². The number of carbonyl (C=O) groups is 1. The molecule has 3 nitrogen and oxygen atoms in total. The largest absolute Gasteiger partial charge is 0.293 e. The third-order valence-electron chi connectivity index (χ3n) is 2.73. The second-order valence-corrected chi connectivity index (χ2v) is 6.18. The average Bonchev–Trinajstić information content (AvgIpc) is 2.81. The summed E-state index contributed by atoms with van der Waals surface area (Å²) in [5.41, 5.74) is 1.31. The van der Waals surface area contributed by atoms with Gasteiger partial charge in [0.15, 0.2) is 5.78 Å². The molecule has 0 N–H and O–H groups in total. The van der Waals surface area contributed by atoms with Gasteiger partial charge in [-0.3, -0.25) is 4.79 Å². The van der Waals surface area contributed by atoms with E-state index in [4.69, 9.17) is 0 Å². The number of carbonyl (C=O) groups excluding carboxylic acids is 1. The lowest BCUT2D eigenvalue weighted by Crippen LogP contribution is -2.17. The molecule has 2 aromatic rings. The van der Waals surface area contributed by atoms with Gasteiger partial charge >= 0.3 is 0 Å². The normalized spacial score (nSPS) is 11.6. The number of nitrogens with zero attached hydrogens (tertiary/aromatic N) is 2. The number of halogens is 1. The van der Waals surface area contributed by atoms with E-state index in [0.717, 1.165) is 22.8 Å². The summed E-state index contributed by atoms with van der Waals surface area (Å²) in [6.45, 7) is 6.00. The summed E-state index contributed by atoms with van der Waals surface area (Å²) in [6.07, 6.45) is 0.243. The summed E-state index contributed by atoms with van der Waals surface area (Å²) in [4.78, 5) is 12.9. The van der Waals surface area contributed by atoms with Crippen molar-refractivity contribution in [1.29, 1.82) is 0 Å². The maximum absolute atomic E-state index is 12.8. The Balaban J connectivity index is 2.21. The fraction of sp³-hybridized carbons (Fsp3) is 0.357. The number of benzene rings is 1. The predicted molar refractivity (Wildman–Crippen MR) is 73.0 cm³/mol. The Kier molecular flexibility index (Phi) is 3.75. The molecule has 1 aromatic heterocycles. The number of Topliss-reactive ketones (excluding diaryl/α,β-unsaturated/α-hetero) is 1. The molecule has 5 heteroatoms. The Morgan fingerprint density at radius 3 is 2.47 bits per heavy atom. The molecule has 0 radical (unpaired) electrons. The van der Waals surface area contributed by atoms with Gasteiger partial charge in [0.05, 0.1) is 5.69 Å². The number of rotatable bonds is 3. The summed E-state index contributed by atoms with van der Waals surface area (Å²) in [6, 6.07) is 5.97. The highest BCUT2D eigenvalue weighted by molar-refractivity contribution is 7.08. The number of aromatic nitrogens is 2. The minimum Gasteiger partial charge on any atom is -0.293 e. The predicted octanol–water partition coefficient (Wildman–Crippen LogP) is 3.40. The summed E-state index contributed by atoms with van der Waals surface area (Å²) >= 11 is 1.12. The van der Waals surface area contributed by atoms with Gasteiger partial charge in [-0.25, -0.2) is 4.39 Å². The molecule has 2 rings (SSSR count). The highest BCUT2D eigenvalue weighted by Gasteiger charge is 2.26. The molecule has 0 aliphatic rings. The van der Waals surface area contributed by atoms with Crippen LogP contribution in [0.3, 0.4) is 0 Å². The number of ketones is 1. The van der Waals surface area contributed by atoms with Crippen molar-refractivity contribution in [2.75, 3.05) is 0 Å². The van der Waals surface area contributed by atoms with Crippen LogP contribution in [0.5, 0.6) is 0 Å². The zero-order valence-corrected chi connectivity index (χ0v) is 11.9. The highest BCUT2D eigenvalue weighted by atomic mass is 32.1. The van der Waals surface area contributed by atoms with Crippen LogP contribution in [0.4, 0.5) is 4.39 Å². The van der Waals surface area contributed by atoms with Crippen molar-refractivity contribution in [3.63, 3.8) is 0 Å². The van der Waals surface area contributed by atoms with Crippen LogP contribution in [0.15, 0.2) is 24.3 Å². The molecule has 0 aliphatic heterocycles. The quantitative estimate of drug-likeness (QED) is 0.808. The van der Waals surface area contributed by atoms with E-state index >= 15 is 0 Å². The Morgan fingerprint density at radius 1 is 1.26 bits per heavy atom. The minimum absolute atomic E-state index is 0.0217. The fourth-order valence-corrected chi connectivity index (χ4v) is 2.54. The molecular formula is C14H15FN2OS. The monoisotopic (exact) mass is 278 g/mol. The van der Waals surface area contributed by atoms with Crippen LogP contribution < -0.4 is 0 Å². The van der Waals surface area contributed by atoms with Gasteiger partial charge in [-0.1, -0.05) is 37.4 Å². The lowest BCUT2D eigenvalue weighted by atomic mass is 9.90. The molecule has 0 saturated carbocycles. The lowest BCUT2D eigenvalue weighted by Gasteiger charge is -2.15. The highest BCUT2D eigenvalue weighted by Crippen LogP contribution is 2.26. The first kappa shape index (κ1) is 13.8. The zero-order valence-electron chi connectivity index (χ0n) is 11.1. The number of hydrogen-bond donors (Lipinski definition) is 0. The Labute approximate surface area is 115 Å². The van der Waals surface area contributed by atoms with Gasteiger partial charge in [0.2, 0.25) is 0 Å². The van der Waals surface area contributed by atoms with E-state index in [0.29, 0.717) is 4.88 Å². The van der Waals surface area contributed by atoms with Crippen LogP contribution in [0.2, 0.25) is 0 Å². The summed E-state index contributed by atoms with van der Waals surface area (Å²) in [7, 11) is 0. The molecule has 0 atom stereocenters. The van der Waals surface area contributed by atoms with E-state index in [-0.39, 0.29) is 23.4 Å². The second kappa shape index (κ2) is 5.17. The summed E-state index contributed by atoms with van der Waals surface area (Å²) in [5.74, 6) is -0.322. The molecule has 1 heterocycles. The van der Waals surface area contributed by atoms with Gasteiger partial charge < -0.3 is 0 Å². The molecule has 0 spiro atoms. The lowest BCUT2D eigenvalue weighted by molar-refractivity contribution is 0.0994. The minimum atomic E-state index is -0.300. The van der Waals surface area contributed by atoms with Crippen molar-refractivity contribution >= 4 is 17.3 Å². The topological polar surface area (TPSA) is 42.9 Å². The van der Waals surface area contributed by atoms with Crippen LogP contribution in [0.1, 0.15) is 41.7 Å². The van der Waals surface area contributed by atoms with Crippen LogP contribution in [0, 0.1) is 5.82 Å². The van der Waals surface area contributed by atoms with Crippen molar-refractivity contribution in [3.8, 4) is 0 Å². The Bertz CT molecular complexity index is 584. The Hall–Kier alpha value is -1.62. The van der Waals surface area contributed by atoms with E-state index in [9.17, 15) is 9.18 Å². The molecule has 0 unspecified atom stereocenters. The van der Waals surface area contributed by atoms with Gasteiger partial charge in [-0.05, 0) is 29.2 Å². The van der Waals surface area contributed by atoms with Crippen LogP contribution in [0.25, 0.3) is 0 Å². The Morgan fingerprint density at radius 2 is 1.89 bits per heavy atom. The van der Waals surface area contributed by atoms with E-state index in [1.807, 2.05) is 20.8 Å². The first-order valence-corrected chi connectivity index (χ1v) is 6.76. The molecule has 1 aromatic carbocycles. The molecule has 100 valence electrons.